The van der Waals surface area contributed by atoms with Crippen molar-refractivity contribution in [2.45, 2.75) is 31.7 Å². The van der Waals surface area contributed by atoms with Gasteiger partial charge in [-0.1, -0.05) is 43.3 Å². The van der Waals surface area contributed by atoms with Crippen molar-refractivity contribution in [2.75, 3.05) is 52.9 Å². The minimum atomic E-state index is -0.470. The van der Waals surface area contributed by atoms with Gasteiger partial charge in [0.2, 0.25) is 5.91 Å². The summed E-state index contributed by atoms with van der Waals surface area (Å²) in [5.41, 5.74) is 3.53. The van der Waals surface area contributed by atoms with Crippen LogP contribution in [0.15, 0.2) is 54.7 Å². The number of aryl methyl sites for hydroxylation is 1. The van der Waals surface area contributed by atoms with E-state index in [1.807, 2.05) is 50.5 Å². The van der Waals surface area contributed by atoms with E-state index < -0.39 is 5.92 Å². The molecule has 1 N–H and O–H groups in total. The second kappa shape index (κ2) is 11.1. The molecule has 2 aromatic carbocycles. The first-order valence-electron chi connectivity index (χ1n) is 13.6. The Morgan fingerprint density at radius 3 is 2.35 bits per heavy atom. The van der Waals surface area contributed by atoms with Gasteiger partial charge in [-0.2, -0.15) is 0 Å². The summed E-state index contributed by atoms with van der Waals surface area (Å²) in [6, 6.07) is 15.4. The van der Waals surface area contributed by atoms with Crippen molar-refractivity contribution in [3.05, 3.63) is 71.4 Å². The number of carbonyl (C=O) groups is 2. The van der Waals surface area contributed by atoms with E-state index in [4.69, 9.17) is 0 Å². The average molecular weight is 502 g/mol. The summed E-state index contributed by atoms with van der Waals surface area (Å²) in [7, 11) is 3.84. The van der Waals surface area contributed by atoms with Crippen molar-refractivity contribution in [3.8, 4) is 0 Å². The number of nitrogens with one attached hydrogen (secondary N) is 1. The van der Waals surface area contributed by atoms with Gasteiger partial charge in [0, 0.05) is 75.0 Å². The molecule has 0 saturated carbocycles. The van der Waals surface area contributed by atoms with Gasteiger partial charge in [0.25, 0.3) is 5.91 Å². The van der Waals surface area contributed by atoms with Crippen LogP contribution >= 0.6 is 0 Å². The van der Waals surface area contributed by atoms with Gasteiger partial charge in [0.15, 0.2) is 0 Å². The van der Waals surface area contributed by atoms with Crippen LogP contribution in [0, 0.1) is 0 Å². The Bertz CT molecular complexity index is 1260. The molecule has 2 atom stereocenters. The van der Waals surface area contributed by atoms with E-state index in [0.717, 1.165) is 61.2 Å². The number of piperazine rings is 1. The molecule has 37 heavy (non-hydrogen) atoms. The van der Waals surface area contributed by atoms with Gasteiger partial charge in [-0.25, -0.2) is 0 Å². The summed E-state index contributed by atoms with van der Waals surface area (Å²) in [5, 5.41) is 4.31. The normalized spacial score (nSPS) is 20.8. The summed E-state index contributed by atoms with van der Waals surface area (Å²) < 4.78 is 2.08. The molecule has 2 unspecified atom stereocenters. The molecule has 3 heterocycles. The highest BCUT2D eigenvalue weighted by Gasteiger charge is 2.43. The van der Waals surface area contributed by atoms with E-state index in [2.05, 4.69) is 44.9 Å². The van der Waals surface area contributed by atoms with Crippen LogP contribution in [-0.4, -0.2) is 83.9 Å². The van der Waals surface area contributed by atoms with Crippen molar-refractivity contribution in [3.63, 3.8) is 0 Å². The fraction of sp³-hybridized carbons (Fsp3) is 0.467. The Balaban J connectivity index is 1.34. The van der Waals surface area contributed by atoms with Gasteiger partial charge in [0.1, 0.15) is 0 Å². The summed E-state index contributed by atoms with van der Waals surface area (Å²) in [4.78, 5) is 34.0. The predicted octanol–water partition coefficient (Wildman–Crippen LogP) is 3.62. The van der Waals surface area contributed by atoms with E-state index in [9.17, 15) is 9.59 Å². The zero-order chi connectivity index (χ0) is 25.9. The molecule has 0 bridgehead atoms. The number of amides is 2. The Morgan fingerprint density at radius 2 is 1.59 bits per heavy atom. The van der Waals surface area contributed by atoms with Crippen LogP contribution in [0.1, 0.15) is 53.2 Å². The molecule has 1 saturated heterocycles. The molecule has 3 aromatic rings. The molecule has 7 heteroatoms. The number of rotatable bonds is 8. The standard InChI is InChI=1S/C30H39N5O2/c1-4-15-34-17-19-35(20-18-34)16-9-14-31-29(36)27-23-11-5-6-12-24(23)30(37)33(3)28(27)25-21-32(2)26-13-8-7-10-22(25)26/h5-8,10-13,21,27-28H,4,9,14-20H2,1-3H3,(H,31,36). The van der Waals surface area contributed by atoms with E-state index >= 15 is 0 Å². The van der Waals surface area contributed by atoms with Gasteiger partial charge in [-0.15, -0.1) is 0 Å². The zero-order valence-electron chi connectivity index (χ0n) is 22.3. The third kappa shape index (κ3) is 5.03. The Labute approximate surface area is 220 Å². The molecule has 1 aromatic heterocycles. The average Bonchev–Trinajstić information content (AvgIpc) is 3.25. The van der Waals surface area contributed by atoms with Crippen LogP contribution in [0.25, 0.3) is 10.9 Å². The largest absolute Gasteiger partial charge is 0.355 e. The first kappa shape index (κ1) is 25.5. The maximum atomic E-state index is 13.8. The topological polar surface area (TPSA) is 60.8 Å². The van der Waals surface area contributed by atoms with Gasteiger partial charge in [-0.05, 0) is 43.6 Å². The predicted molar refractivity (Wildman–Crippen MR) is 148 cm³/mol. The molecule has 2 aliphatic rings. The number of hydrogen-bond donors (Lipinski definition) is 1. The molecule has 7 nitrogen and oxygen atoms in total. The maximum absolute atomic E-state index is 13.8. The highest BCUT2D eigenvalue weighted by molar-refractivity contribution is 6.02. The molecular weight excluding hydrogens is 462 g/mol. The Kier molecular flexibility index (Phi) is 7.63. The number of nitrogens with zero attached hydrogens (tertiary/aromatic N) is 4. The molecule has 0 spiro atoms. The maximum Gasteiger partial charge on any atom is 0.254 e. The van der Waals surface area contributed by atoms with Crippen molar-refractivity contribution in [1.29, 1.82) is 0 Å². The minimum absolute atomic E-state index is 0.0162. The quantitative estimate of drug-likeness (QED) is 0.479. The fourth-order valence-electron chi connectivity index (χ4n) is 6.13. The number of para-hydroxylation sites is 1. The van der Waals surface area contributed by atoms with Crippen molar-refractivity contribution in [2.24, 2.45) is 7.05 Å². The summed E-state index contributed by atoms with van der Waals surface area (Å²) >= 11 is 0. The lowest BCUT2D eigenvalue weighted by Crippen LogP contribution is -2.47. The molecule has 2 aliphatic heterocycles. The van der Waals surface area contributed by atoms with Crippen molar-refractivity contribution in [1.82, 2.24) is 24.6 Å². The zero-order valence-corrected chi connectivity index (χ0v) is 22.3. The van der Waals surface area contributed by atoms with Crippen molar-refractivity contribution >= 4 is 22.7 Å². The van der Waals surface area contributed by atoms with Crippen LogP contribution in [0.2, 0.25) is 0 Å². The lowest BCUT2D eigenvalue weighted by molar-refractivity contribution is -0.124. The number of likely N-dealkylation sites (N-methyl/N-ethyl adjacent to an activating group) is 1. The van der Waals surface area contributed by atoms with Gasteiger partial charge in [0.05, 0.1) is 12.0 Å². The molecule has 2 amide bonds. The highest BCUT2D eigenvalue weighted by Crippen LogP contribution is 2.44. The molecule has 196 valence electrons. The smallest absolute Gasteiger partial charge is 0.254 e. The molecule has 1 fully saturated rings. The Hall–Kier alpha value is -3.16. The van der Waals surface area contributed by atoms with Crippen LogP contribution in [0.3, 0.4) is 0 Å². The second-order valence-electron chi connectivity index (χ2n) is 10.5. The Morgan fingerprint density at radius 1 is 0.919 bits per heavy atom. The molecule has 5 rings (SSSR count). The molecular formula is C30H39N5O2. The number of fused-ring (bicyclic) bond motifs is 2. The van der Waals surface area contributed by atoms with E-state index in [0.29, 0.717) is 12.1 Å². The monoisotopic (exact) mass is 501 g/mol. The minimum Gasteiger partial charge on any atom is -0.355 e. The van der Waals surface area contributed by atoms with E-state index in [1.165, 1.54) is 13.0 Å². The third-order valence-electron chi connectivity index (χ3n) is 8.06. The first-order valence-corrected chi connectivity index (χ1v) is 13.6. The lowest BCUT2D eigenvalue weighted by atomic mass is 9.79. The summed E-state index contributed by atoms with van der Waals surface area (Å²) in [6.07, 6.45) is 4.20. The third-order valence-corrected chi connectivity index (χ3v) is 8.06. The van der Waals surface area contributed by atoms with Crippen LogP contribution < -0.4 is 5.32 Å². The summed E-state index contributed by atoms with van der Waals surface area (Å²) in [6.45, 7) is 9.50. The lowest BCUT2D eigenvalue weighted by Gasteiger charge is -2.39. The first-order chi connectivity index (χ1) is 18.0. The van der Waals surface area contributed by atoms with E-state index in [1.54, 1.807) is 4.90 Å². The number of hydrogen-bond acceptors (Lipinski definition) is 4. The van der Waals surface area contributed by atoms with Crippen LogP contribution in [-0.2, 0) is 11.8 Å². The van der Waals surface area contributed by atoms with Gasteiger partial charge < -0.3 is 24.6 Å². The SMILES string of the molecule is CCCN1CCN(CCCNC(=O)C2c3ccccc3C(=O)N(C)C2c2cn(C)c3ccccc23)CC1. The number of carbonyl (C=O) groups excluding carboxylic acids is 2. The number of benzene rings is 2. The van der Waals surface area contributed by atoms with Gasteiger partial charge >= 0.3 is 0 Å². The van der Waals surface area contributed by atoms with Crippen LogP contribution in [0.4, 0.5) is 0 Å². The molecule has 0 aliphatic carbocycles. The van der Waals surface area contributed by atoms with Gasteiger partial charge in [-0.3, -0.25) is 9.59 Å². The number of aromatic nitrogens is 1. The second-order valence-corrected chi connectivity index (χ2v) is 10.5. The fourth-order valence-corrected chi connectivity index (χ4v) is 6.13. The highest BCUT2D eigenvalue weighted by atomic mass is 16.2. The van der Waals surface area contributed by atoms with Crippen molar-refractivity contribution < 1.29 is 9.59 Å². The van der Waals surface area contributed by atoms with E-state index in [-0.39, 0.29) is 17.9 Å². The summed E-state index contributed by atoms with van der Waals surface area (Å²) in [5.74, 6) is -0.528. The van der Waals surface area contributed by atoms with Crippen LogP contribution in [0.5, 0.6) is 0 Å². The molecule has 0 radical (unpaired) electrons.